The molecule has 3 aliphatic rings. The number of aliphatic hydroxyl groups is 2. The van der Waals surface area contributed by atoms with Crippen molar-refractivity contribution < 1.29 is 29.3 Å². The van der Waals surface area contributed by atoms with Crippen LogP contribution in [0.3, 0.4) is 0 Å². The van der Waals surface area contributed by atoms with Gasteiger partial charge in [-0.15, -0.1) is 0 Å². The van der Waals surface area contributed by atoms with E-state index in [0.29, 0.717) is 24.2 Å². The third-order valence-corrected chi connectivity index (χ3v) is 6.83. The van der Waals surface area contributed by atoms with Crippen LogP contribution >= 0.6 is 0 Å². The maximum Gasteiger partial charge on any atom is 0.255 e. The van der Waals surface area contributed by atoms with Crippen molar-refractivity contribution in [1.82, 2.24) is 0 Å². The van der Waals surface area contributed by atoms with Gasteiger partial charge in [0.15, 0.2) is 11.6 Å². The number of nitrogens with zero attached hydrogens (tertiary/aromatic N) is 1. The van der Waals surface area contributed by atoms with Crippen molar-refractivity contribution >= 4 is 28.9 Å². The van der Waals surface area contributed by atoms with Gasteiger partial charge in [0.2, 0.25) is 0 Å². The van der Waals surface area contributed by atoms with Crippen LogP contribution in [0.2, 0.25) is 0 Å². The van der Waals surface area contributed by atoms with Crippen LogP contribution in [0.5, 0.6) is 5.75 Å². The van der Waals surface area contributed by atoms with Crippen molar-refractivity contribution in [3.63, 3.8) is 0 Å². The lowest BCUT2D eigenvalue weighted by atomic mass is 9.55. The van der Waals surface area contributed by atoms with Crippen LogP contribution < -0.4 is 15.4 Å². The van der Waals surface area contributed by atoms with Crippen molar-refractivity contribution in [2.75, 3.05) is 26.1 Å². The van der Waals surface area contributed by atoms with E-state index in [4.69, 9.17) is 10.5 Å². The molecule has 2 unspecified atom stereocenters. The van der Waals surface area contributed by atoms with Crippen LogP contribution in [-0.4, -0.2) is 48.9 Å². The van der Waals surface area contributed by atoms with Crippen LogP contribution in [-0.2, 0) is 20.8 Å². The number of fused-ring (bicyclic) bond motifs is 3. The van der Waals surface area contributed by atoms with Gasteiger partial charge in [-0.05, 0) is 36.5 Å². The first kappa shape index (κ1) is 21.0. The van der Waals surface area contributed by atoms with E-state index in [2.05, 4.69) is 0 Å². The Kier molecular flexibility index (Phi) is 4.64. The Hall–Kier alpha value is -3.29. The summed E-state index contributed by atoms with van der Waals surface area (Å²) < 4.78 is 5.47. The van der Waals surface area contributed by atoms with Gasteiger partial charge in [-0.3, -0.25) is 14.4 Å². The van der Waals surface area contributed by atoms with Gasteiger partial charge in [0.05, 0.1) is 18.6 Å². The molecule has 8 heteroatoms. The fourth-order valence-electron chi connectivity index (χ4n) is 5.63. The van der Waals surface area contributed by atoms with Gasteiger partial charge in [-0.1, -0.05) is 6.92 Å². The highest BCUT2D eigenvalue weighted by molar-refractivity contribution is 6.21. The summed E-state index contributed by atoms with van der Waals surface area (Å²) in [5.74, 6) is -3.95. The van der Waals surface area contributed by atoms with Crippen molar-refractivity contribution in [3.8, 4) is 5.75 Å². The number of hydrogen-bond donors (Lipinski definition) is 3. The quantitative estimate of drug-likeness (QED) is 0.631. The number of carbonyl (C=O) groups is 3. The lowest BCUT2D eigenvalue weighted by Gasteiger charge is -2.47. The number of ketones is 2. The monoisotopic (exact) mass is 426 g/mol. The van der Waals surface area contributed by atoms with Crippen molar-refractivity contribution in [1.29, 1.82) is 0 Å². The maximum atomic E-state index is 13.6. The van der Waals surface area contributed by atoms with Gasteiger partial charge in [0.1, 0.15) is 22.8 Å². The summed E-state index contributed by atoms with van der Waals surface area (Å²) in [6.45, 7) is 1.89. The third kappa shape index (κ3) is 2.85. The number of methoxy groups -OCH3 is 1. The topological polar surface area (TPSA) is 130 Å². The lowest BCUT2D eigenvalue weighted by molar-refractivity contribution is -0.128. The first-order valence-corrected chi connectivity index (χ1v) is 10.1. The number of hydrogen-bond acceptors (Lipinski definition) is 7. The van der Waals surface area contributed by atoms with E-state index >= 15 is 0 Å². The molecule has 164 valence electrons. The summed E-state index contributed by atoms with van der Waals surface area (Å²) in [5.41, 5.74) is 6.43. The molecule has 1 aromatic rings. The minimum Gasteiger partial charge on any atom is -0.511 e. The third-order valence-electron chi connectivity index (χ3n) is 6.83. The Morgan fingerprint density at radius 3 is 2.52 bits per heavy atom. The Morgan fingerprint density at radius 1 is 1.26 bits per heavy atom. The summed E-state index contributed by atoms with van der Waals surface area (Å²) in [5, 5.41) is 22.0. The first-order chi connectivity index (χ1) is 14.5. The molecular weight excluding hydrogens is 400 g/mol. The Bertz CT molecular complexity index is 1100. The number of nitrogens with two attached hydrogens (primary N) is 1. The molecule has 4 rings (SSSR count). The highest BCUT2D eigenvalue weighted by Gasteiger charge is 2.55. The van der Waals surface area contributed by atoms with Gasteiger partial charge < -0.3 is 25.6 Å². The standard InChI is InChI=1S/C23H26N2O6/c1-23-8-10-7-13(26)17(22(24)30)19(27)15(10)20(28)18(23)21(29)16-11(9-23)12(25(2)3)5-6-14(16)31-4/h5-6,10,15,27,29H,7-9H2,1-4H3,(H2,24,30)/t10?,15?,23-/m1/s1. The van der Waals surface area contributed by atoms with Crippen LogP contribution in [0.15, 0.2) is 29.0 Å². The van der Waals surface area contributed by atoms with E-state index in [1.54, 1.807) is 6.07 Å². The van der Waals surface area contributed by atoms with Crippen molar-refractivity contribution in [3.05, 3.63) is 40.2 Å². The van der Waals surface area contributed by atoms with Crippen molar-refractivity contribution in [2.24, 2.45) is 23.0 Å². The van der Waals surface area contributed by atoms with Crippen LogP contribution in [0.4, 0.5) is 5.69 Å². The number of carbonyl (C=O) groups excluding carboxylic acids is 3. The number of primary amides is 1. The van der Waals surface area contributed by atoms with Gasteiger partial charge in [-0.2, -0.15) is 0 Å². The van der Waals surface area contributed by atoms with E-state index in [-0.39, 0.29) is 17.8 Å². The SMILES string of the molecule is COc1ccc(N(C)C)c2c1C(O)=C1C(=O)C3C(O)=C(C(N)=O)C(=O)CC3C[C@]1(C)C2. The number of amides is 1. The largest absolute Gasteiger partial charge is 0.511 e. The minimum atomic E-state index is -1.07. The molecule has 0 aromatic heterocycles. The zero-order valence-electron chi connectivity index (χ0n) is 18.0. The maximum absolute atomic E-state index is 13.6. The molecule has 1 aromatic carbocycles. The summed E-state index contributed by atoms with van der Waals surface area (Å²) in [7, 11) is 5.30. The summed E-state index contributed by atoms with van der Waals surface area (Å²) in [6.07, 6.45) is 0.810. The number of rotatable bonds is 3. The van der Waals surface area contributed by atoms with Crippen molar-refractivity contribution in [2.45, 2.75) is 26.2 Å². The predicted molar refractivity (Wildman–Crippen MR) is 114 cm³/mol. The molecule has 3 atom stereocenters. The highest BCUT2D eigenvalue weighted by Crippen LogP contribution is 2.57. The number of aliphatic hydroxyl groups excluding tert-OH is 2. The van der Waals surface area contributed by atoms with Gasteiger partial charge >= 0.3 is 0 Å². The van der Waals surface area contributed by atoms with E-state index in [0.717, 1.165) is 11.3 Å². The number of benzene rings is 1. The second-order valence-corrected chi connectivity index (χ2v) is 9.05. The average Bonchev–Trinajstić information content (AvgIpc) is 2.65. The second-order valence-electron chi connectivity index (χ2n) is 9.05. The molecule has 0 bridgehead atoms. The zero-order chi connectivity index (χ0) is 22.8. The molecule has 31 heavy (non-hydrogen) atoms. The molecule has 8 nitrogen and oxygen atoms in total. The van der Waals surface area contributed by atoms with Crippen LogP contribution in [0, 0.1) is 17.3 Å². The molecule has 0 aliphatic heterocycles. The fraction of sp³-hybridized carbons (Fsp3) is 0.435. The molecule has 0 heterocycles. The summed E-state index contributed by atoms with van der Waals surface area (Å²) in [6, 6.07) is 3.65. The number of Topliss-reactive ketones (excluding diaryl/α,β-unsaturated/α-hetero) is 2. The van der Waals surface area contributed by atoms with E-state index in [1.165, 1.54) is 7.11 Å². The molecule has 1 amide bonds. The molecule has 0 radical (unpaired) electrons. The van der Waals surface area contributed by atoms with Gasteiger partial charge in [0.25, 0.3) is 5.91 Å². The highest BCUT2D eigenvalue weighted by atomic mass is 16.5. The molecule has 0 spiro atoms. The number of anilines is 1. The molecule has 4 N–H and O–H groups in total. The van der Waals surface area contributed by atoms with Gasteiger partial charge in [0, 0.05) is 37.2 Å². The molecule has 3 aliphatic carbocycles. The first-order valence-electron chi connectivity index (χ1n) is 10.1. The Balaban J connectivity index is 1.96. The number of ether oxygens (including phenoxy) is 1. The lowest BCUT2D eigenvalue weighted by Crippen LogP contribution is -2.48. The summed E-state index contributed by atoms with van der Waals surface area (Å²) in [4.78, 5) is 39.7. The predicted octanol–water partition coefficient (Wildman–Crippen LogP) is 2.07. The zero-order valence-corrected chi connectivity index (χ0v) is 18.0. The minimum absolute atomic E-state index is 0.0477. The molecular formula is C23H26N2O6. The number of allylic oxidation sites excluding steroid dienone is 2. The van der Waals surface area contributed by atoms with E-state index in [9.17, 15) is 24.6 Å². The molecule has 0 saturated heterocycles. The molecule has 1 saturated carbocycles. The van der Waals surface area contributed by atoms with E-state index in [1.807, 2.05) is 32.0 Å². The van der Waals surface area contributed by atoms with E-state index < -0.39 is 46.1 Å². The Morgan fingerprint density at radius 2 is 1.94 bits per heavy atom. The van der Waals surface area contributed by atoms with Crippen LogP contribution in [0.25, 0.3) is 5.76 Å². The van der Waals surface area contributed by atoms with Gasteiger partial charge in [-0.25, -0.2) is 0 Å². The van der Waals surface area contributed by atoms with Crippen LogP contribution in [0.1, 0.15) is 30.9 Å². The molecule has 1 fully saturated rings. The Labute approximate surface area is 180 Å². The fourth-order valence-corrected chi connectivity index (χ4v) is 5.63. The average molecular weight is 426 g/mol. The summed E-state index contributed by atoms with van der Waals surface area (Å²) >= 11 is 0. The normalized spacial score (nSPS) is 27.5. The smallest absolute Gasteiger partial charge is 0.255 e. The second kappa shape index (κ2) is 6.87.